The van der Waals surface area contributed by atoms with Crippen molar-refractivity contribution >= 4 is 29.1 Å². The van der Waals surface area contributed by atoms with Gasteiger partial charge in [-0.05, 0) is 18.2 Å². The van der Waals surface area contributed by atoms with Crippen molar-refractivity contribution in [2.45, 2.75) is 6.42 Å². The fraction of sp³-hybridized carbons (Fsp3) is 0.364. The maximum Gasteiger partial charge on any atom is 0.238 e. The number of anilines is 1. The number of halogens is 1. The standard InChI is InChI=1S/C22H26ClN3O4/c1-29-17-8-7-16(20(14-17)30-2)13-22(28)26-11-9-25(10-12-26)15-21(27)24-19-6-4-3-5-18(19)23/h3-8,14H,9-13,15H2,1-2H3,(H,24,27). The van der Waals surface area contributed by atoms with E-state index in [0.29, 0.717) is 48.4 Å². The highest BCUT2D eigenvalue weighted by Gasteiger charge is 2.23. The Morgan fingerprint density at radius 1 is 1.03 bits per heavy atom. The number of nitrogens with zero attached hydrogens (tertiary/aromatic N) is 2. The van der Waals surface area contributed by atoms with Gasteiger partial charge in [-0.15, -0.1) is 0 Å². The molecule has 160 valence electrons. The second-order valence-corrected chi connectivity index (χ2v) is 7.45. The number of para-hydroxylation sites is 1. The minimum atomic E-state index is -0.120. The number of benzene rings is 2. The van der Waals surface area contributed by atoms with E-state index in [1.165, 1.54) is 0 Å². The molecule has 0 aliphatic carbocycles. The molecule has 3 rings (SSSR count). The predicted octanol–water partition coefficient (Wildman–Crippen LogP) is 2.68. The van der Waals surface area contributed by atoms with Crippen molar-refractivity contribution in [2.75, 3.05) is 52.3 Å². The first-order chi connectivity index (χ1) is 14.5. The van der Waals surface area contributed by atoms with Crippen molar-refractivity contribution in [2.24, 2.45) is 0 Å². The van der Waals surface area contributed by atoms with Gasteiger partial charge in [-0.25, -0.2) is 0 Å². The van der Waals surface area contributed by atoms with Crippen molar-refractivity contribution in [1.29, 1.82) is 0 Å². The van der Waals surface area contributed by atoms with Gasteiger partial charge < -0.3 is 19.7 Å². The number of hydrogen-bond donors (Lipinski definition) is 1. The average Bonchev–Trinajstić information content (AvgIpc) is 2.76. The van der Waals surface area contributed by atoms with Crippen LogP contribution in [0.4, 0.5) is 5.69 Å². The summed E-state index contributed by atoms with van der Waals surface area (Å²) in [6.07, 6.45) is 0.264. The molecule has 0 saturated carbocycles. The molecule has 0 atom stereocenters. The normalized spacial score (nSPS) is 14.3. The first-order valence-corrected chi connectivity index (χ1v) is 10.1. The number of rotatable bonds is 7. The van der Waals surface area contributed by atoms with Crippen molar-refractivity contribution in [3.8, 4) is 11.5 Å². The second kappa shape index (κ2) is 10.3. The quantitative estimate of drug-likeness (QED) is 0.729. The minimum absolute atomic E-state index is 0.0404. The molecule has 30 heavy (non-hydrogen) atoms. The highest BCUT2D eigenvalue weighted by molar-refractivity contribution is 6.33. The zero-order valence-corrected chi connectivity index (χ0v) is 17.9. The van der Waals surface area contributed by atoms with Crippen LogP contribution < -0.4 is 14.8 Å². The Morgan fingerprint density at radius 3 is 2.43 bits per heavy atom. The molecular weight excluding hydrogens is 406 g/mol. The molecule has 2 aromatic carbocycles. The number of hydrogen-bond acceptors (Lipinski definition) is 5. The molecule has 8 heteroatoms. The second-order valence-electron chi connectivity index (χ2n) is 7.04. The first kappa shape index (κ1) is 21.9. The van der Waals surface area contributed by atoms with Gasteiger partial charge in [0.1, 0.15) is 11.5 Å². The average molecular weight is 432 g/mol. The van der Waals surface area contributed by atoms with Gasteiger partial charge in [0.15, 0.2) is 0 Å². The largest absolute Gasteiger partial charge is 0.497 e. The fourth-order valence-electron chi connectivity index (χ4n) is 3.38. The van der Waals surface area contributed by atoms with Gasteiger partial charge >= 0.3 is 0 Å². The number of ether oxygens (including phenoxy) is 2. The van der Waals surface area contributed by atoms with Crippen LogP contribution in [0.3, 0.4) is 0 Å². The van der Waals surface area contributed by atoms with Crippen LogP contribution in [0.1, 0.15) is 5.56 Å². The number of carbonyl (C=O) groups is 2. The highest BCUT2D eigenvalue weighted by Crippen LogP contribution is 2.25. The van der Waals surface area contributed by atoms with Crippen LogP contribution in [0.15, 0.2) is 42.5 Å². The Hall–Kier alpha value is -2.77. The zero-order valence-electron chi connectivity index (χ0n) is 17.2. The van der Waals surface area contributed by atoms with Crippen molar-refractivity contribution in [1.82, 2.24) is 9.80 Å². The summed E-state index contributed by atoms with van der Waals surface area (Å²) in [5.74, 6) is 1.24. The van der Waals surface area contributed by atoms with Crippen LogP contribution in [0.25, 0.3) is 0 Å². The third-order valence-electron chi connectivity index (χ3n) is 5.08. The number of nitrogens with one attached hydrogen (secondary N) is 1. The van der Waals surface area contributed by atoms with E-state index in [1.807, 2.05) is 34.1 Å². The van der Waals surface area contributed by atoms with E-state index in [9.17, 15) is 9.59 Å². The summed E-state index contributed by atoms with van der Waals surface area (Å²) < 4.78 is 10.6. The molecule has 7 nitrogen and oxygen atoms in total. The molecule has 2 amide bonds. The maximum absolute atomic E-state index is 12.7. The monoisotopic (exact) mass is 431 g/mol. The Labute approximate surface area is 181 Å². The van der Waals surface area contributed by atoms with Crippen LogP contribution in [0.2, 0.25) is 5.02 Å². The number of piperazine rings is 1. The molecule has 1 aliphatic heterocycles. The lowest BCUT2D eigenvalue weighted by atomic mass is 10.1. The van der Waals surface area contributed by atoms with E-state index in [2.05, 4.69) is 5.32 Å². The van der Waals surface area contributed by atoms with Crippen LogP contribution >= 0.6 is 11.6 Å². The predicted molar refractivity (Wildman–Crippen MR) is 116 cm³/mol. The summed E-state index contributed by atoms with van der Waals surface area (Å²) in [6.45, 7) is 2.70. The van der Waals surface area contributed by atoms with E-state index < -0.39 is 0 Å². The number of carbonyl (C=O) groups excluding carboxylic acids is 2. The van der Waals surface area contributed by atoms with Crippen LogP contribution in [0, 0.1) is 0 Å². The summed E-state index contributed by atoms with van der Waals surface area (Å²) in [7, 11) is 3.17. The van der Waals surface area contributed by atoms with Gasteiger partial charge in [-0.1, -0.05) is 29.8 Å². The molecule has 1 saturated heterocycles. The Bertz CT molecular complexity index is 898. The molecule has 1 aliphatic rings. The molecule has 0 aromatic heterocycles. The third kappa shape index (κ3) is 5.64. The van der Waals surface area contributed by atoms with Crippen molar-refractivity contribution in [3.05, 3.63) is 53.1 Å². The maximum atomic E-state index is 12.7. The molecule has 2 aromatic rings. The summed E-state index contributed by atoms with van der Waals surface area (Å²) in [5.41, 5.74) is 1.43. The molecule has 0 spiro atoms. The molecule has 0 radical (unpaired) electrons. The summed E-state index contributed by atoms with van der Waals surface area (Å²) in [5, 5.41) is 3.34. The smallest absolute Gasteiger partial charge is 0.238 e. The van der Waals surface area contributed by atoms with Crippen LogP contribution in [-0.2, 0) is 16.0 Å². The van der Waals surface area contributed by atoms with E-state index in [1.54, 1.807) is 32.4 Å². The highest BCUT2D eigenvalue weighted by atomic mass is 35.5. The summed E-state index contributed by atoms with van der Waals surface area (Å²) >= 11 is 6.08. The SMILES string of the molecule is COc1ccc(CC(=O)N2CCN(CC(=O)Nc3ccccc3Cl)CC2)c(OC)c1. The van der Waals surface area contributed by atoms with Crippen LogP contribution in [-0.4, -0.2) is 68.6 Å². The molecule has 0 unspecified atom stereocenters. The van der Waals surface area contributed by atoms with E-state index >= 15 is 0 Å². The van der Waals surface area contributed by atoms with Gasteiger partial charge in [0.05, 0.1) is 37.9 Å². The Balaban J connectivity index is 1.48. The van der Waals surface area contributed by atoms with Crippen molar-refractivity contribution < 1.29 is 19.1 Å². The summed E-state index contributed by atoms with van der Waals surface area (Å²) in [6, 6.07) is 12.6. The van der Waals surface area contributed by atoms with Crippen molar-refractivity contribution in [3.63, 3.8) is 0 Å². The van der Waals surface area contributed by atoms with Gasteiger partial charge in [0.25, 0.3) is 0 Å². The zero-order chi connectivity index (χ0) is 21.5. The number of methoxy groups -OCH3 is 2. The third-order valence-corrected chi connectivity index (χ3v) is 5.41. The molecule has 1 N–H and O–H groups in total. The lowest BCUT2D eigenvalue weighted by Gasteiger charge is -2.34. The summed E-state index contributed by atoms with van der Waals surface area (Å²) in [4.78, 5) is 28.9. The van der Waals surface area contributed by atoms with Gasteiger partial charge in [-0.3, -0.25) is 14.5 Å². The first-order valence-electron chi connectivity index (χ1n) is 9.75. The topological polar surface area (TPSA) is 71.1 Å². The van der Waals surface area contributed by atoms with Gasteiger partial charge in [-0.2, -0.15) is 0 Å². The fourth-order valence-corrected chi connectivity index (χ4v) is 3.57. The Kier molecular flexibility index (Phi) is 7.54. The van der Waals surface area contributed by atoms with Gasteiger partial charge in [0, 0.05) is 37.8 Å². The number of amides is 2. The van der Waals surface area contributed by atoms with E-state index in [0.717, 1.165) is 5.56 Å². The van der Waals surface area contributed by atoms with E-state index in [-0.39, 0.29) is 24.8 Å². The van der Waals surface area contributed by atoms with Gasteiger partial charge in [0.2, 0.25) is 11.8 Å². The Morgan fingerprint density at radius 2 is 1.77 bits per heavy atom. The minimum Gasteiger partial charge on any atom is -0.497 e. The van der Waals surface area contributed by atoms with Crippen LogP contribution in [0.5, 0.6) is 11.5 Å². The lowest BCUT2D eigenvalue weighted by molar-refractivity contribution is -0.132. The molecule has 0 bridgehead atoms. The molecular formula is C22H26ClN3O4. The molecule has 1 fully saturated rings. The lowest BCUT2D eigenvalue weighted by Crippen LogP contribution is -2.50. The molecule has 1 heterocycles. The van der Waals surface area contributed by atoms with E-state index in [4.69, 9.17) is 21.1 Å².